The van der Waals surface area contributed by atoms with Gasteiger partial charge in [0.25, 0.3) is 0 Å². The van der Waals surface area contributed by atoms with Crippen molar-refractivity contribution in [3.05, 3.63) is 53.6 Å². The summed E-state index contributed by atoms with van der Waals surface area (Å²) < 4.78 is 7.78. The molecule has 1 amide bonds. The number of aromatic nitrogens is 2. The van der Waals surface area contributed by atoms with Crippen LogP contribution in [0.5, 0.6) is 0 Å². The standard InChI is InChI=1S/C19H25N3O2/c1-15-12-22-13-17(9-10-18(22)20-15)21-19(23)8-5-11-24-14-16-6-3-2-4-7-16/h2-4,6-7,12,17H,5,8-11,13-14H2,1H3,(H,21,23)/t17-/m1/s1. The molecule has 1 N–H and O–H groups in total. The van der Waals surface area contributed by atoms with Crippen LogP contribution >= 0.6 is 0 Å². The molecule has 0 bridgehead atoms. The molecule has 5 nitrogen and oxygen atoms in total. The summed E-state index contributed by atoms with van der Waals surface area (Å²) in [6.45, 7) is 4.05. The van der Waals surface area contributed by atoms with E-state index in [0.717, 1.165) is 42.9 Å². The van der Waals surface area contributed by atoms with Crippen molar-refractivity contribution in [2.45, 2.75) is 51.8 Å². The summed E-state index contributed by atoms with van der Waals surface area (Å²) in [6.07, 6.45) is 5.22. The molecule has 1 atom stereocenters. The summed E-state index contributed by atoms with van der Waals surface area (Å²) in [7, 11) is 0. The molecule has 1 aliphatic rings. The van der Waals surface area contributed by atoms with Gasteiger partial charge in [0.2, 0.25) is 5.91 Å². The van der Waals surface area contributed by atoms with E-state index in [0.29, 0.717) is 19.6 Å². The van der Waals surface area contributed by atoms with Crippen molar-refractivity contribution in [2.24, 2.45) is 0 Å². The van der Waals surface area contributed by atoms with Gasteiger partial charge in [-0.2, -0.15) is 0 Å². The molecule has 0 saturated heterocycles. The molecule has 3 rings (SSSR count). The van der Waals surface area contributed by atoms with Gasteiger partial charge in [0.1, 0.15) is 5.82 Å². The molecular weight excluding hydrogens is 302 g/mol. The highest BCUT2D eigenvalue weighted by atomic mass is 16.5. The van der Waals surface area contributed by atoms with Crippen LogP contribution in [-0.2, 0) is 29.1 Å². The molecule has 0 fully saturated rings. The highest BCUT2D eigenvalue weighted by molar-refractivity contribution is 5.76. The molecule has 0 saturated carbocycles. The normalized spacial score (nSPS) is 16.6. The van der Waals surface area contributed by atoms with Crippen molar-refractivity contribution in [3.8, 4) is 0 Å². The lowest BCUT2D eigenvalue weighted by molar-refractivity contribution is -0.122. The SMILES string of the molecule is Cc1cn2c(n1)CC[C@@H](NC(=O)CCCOCc1ccccc1)C2. The number of carbonyl (C=O) groups is 1. The topological polar surface area (TPSA) is 56.2 Å². The van der Waals surface area contributed by atoms with Gasteiger partial charge >= 0.3 is 0 Å². The Morgan fingerprint density at radius 2 is 2.21 bits per heavy atom. The maximum absolute atomic E-state index is 12.1. The first-order chi connectivity index (χ1) is 11.7. The first-order valence-corrected chi connectivity index (χ1v) is 8.64. The van der Waals surface area contributed by atoms with Crippen molar-refractivity contribution < 1.29 is 9.53 Å². The Kier molecular flexibility index (Phi) is 5.64. The van der Waals surface area contributed by atoms with Crippen LogP contribution in [0.4, 0.5) is 0 Å². The number of fused-ring (bicyclic) bond motifs is 1. The summed E-state index contributed by atoms with van der Waals surface area (Å²) in [5.74, 6) is 1.25. The maximum Gasteiger partial charge on any atom is 0.220 e. The third-order valence-corrected chi connectivity index (χ3v) is 4.28. The fourth-order valence-corrected chi connectivity index (χ4v) is 3.10. The minimum Gasteiger partial charge on any atom is -0.377 e. The van der Waals surface area contributed by atoms with Gasteiger partial charge in [-0.1, -0.05) is 30.3 Å². The minimum atomic E-state index is 0.114. The molecule has 128 valence electrons. The number of carbonyl (C=O) groups excluding carboxylic acids is 1. The first-order valence-electron chi connectivity index (χ1n) is 8.64. The number of hydrogen-bond donors (Lipinski definition) is 1. The van der Waals surface area contributed by atoms with Crippen molar-refractivity contribution in [2.75, 3.05) is 6.61 Å². The van der Waals surface area contributed by atoms with Crippen molar-refractivity contribution >= 4 is 5.91 Å². The fraction of sp³-hybridized carbons (Fsp3) is 0.474. The summed E-state index contributed by atoms with van der Waals surface area (Å²) >= 11 is 0. The third-order valence-electron chi connectivity index (χ3n) is 4.28. The largest absolute Gasteiger partial charge is 0.377 e. The molecule has 1 aliphatic heterocycles. The number of aryl methyl sites for hydroxylation is 2. The Balaban J connectivity index is 1.32. The lowest BCUT2D eigenvalue weighted by Crippen LogP contribution is -2.40. The van der Waals surface area contributed by atoms with E-state index in [1.807, 2.05) is 37.3 Å². The Morgan fingerprint density at radius 3 is 3.04 bits per heavy atom. The lowest BCUT2D eigenvalue weighted by Gasteiger charge is -2.24. The number of rotatable bonds is 7. The van der Waals surface area contributed by atoms with Crippen molar-refractivity contribution in [3.63, 3.8) is 0 Å². The summed E-state index contributed by atoms with van der Waals surface area (Å²) in [6, 6.07) is 10.3. The van der Waals surface area contributed by atoms with Crippen LogP contribution in [0.25, 0.3) is 0 Å². The Labute approximate surface area is 143 Å². The predicted octanol–water partition coefficient (Wildman–Crippen LogP) is 2.62. The zero-order valence-electron chi connectivity index (χ0n) is 14.2. The molecule has 0 radical (unpaired) electrons. The summed E-state index contributed by atoms with van der Waals surface area (Å²) in [5, 5.41) is 3.13. The first kappa shape index (κ1) is 16.7. The number of hydrogen-bond acceptors (Lipinski definition) is 3. The fourth-order valence-electron chi connectivity index (χ4n) is 3.10. The van der Waals surface area contributed by atoms with E-state index in [-0.39, 0.29) is 11.9 Å². The van der Waals surface area contributed by atoms with Crippen molar-refractivity contribution in [1.29, 1.82) is 0 Å². The molecular formula is C19H25N3O2. The van der Waals surface area contributed by atoms with Gasteiger partial charge < -0.3 is 14.6 Å². The molecule has 2 heterocycles. The number of nitrogens with one attached hydrogen (secondary N) is 1. The summed E-state index contributed by atoms with van der Waals surface area (Å²) in [4.78, 5) is 16.6. The highest BCUT2D eigenvalue weighted by Crippen LogP contribution is 2.15. The van der Waals surface area contributed by atoms with Crippen LogP contribution in [0.3, 0.4) is 0 Å². The third kappa shape index (κ3) is 4.68. The second kappa shape index (κ2) is 8.11. The Hall–Kier alpha value is -2.14. The van der Waals surface area contributed by atoms with E-state index in [1.54, 1.807) is 0 Å². The summed E-state index contributed by atoms with van der Waals surface area (Å²) in [5.41, 5.74) is 2.21. The number of nitrogens with zero attached hydrogens (tertiary/aromatic N) is 2. The number of amides is 1. The van der Waals surface area contributed by atoms with Crippen LogP contribution in [-0.4, -0.2) is 28.1 Å². The highest BCUT2D eigenvalue weighted by Gasteiger charge is 2.20. The van der Waals surface area contributed by atoms with Gasteiger partial charge in [-0.15, -0.1) is 0 Å². The van der Waals surface area contributed by atoms with E-state index >= 15 is 0 Å². The second-order valence-electron chi connectivity index (χ2n) is 6.40. The smallest absolute Gasteiger partial charge is 0.220 e. The lowest BCUT2D eigenvalue weighted by atomic mass is 10.1. The number of imidazole rings is 1. The Bertz CT molecular complexity index is 667. The van der Waals surface area contributed by atoms with Gasteiger partial charge in [0.15, 0.2) is 0 Å². The van der Waals surface area contributed by atoms with Crippen LogP contribution in [0.2, 0.25) is 0 Å². The van der Waals surface area contributed by atoms with E-state index in [2.05, 4.69) is 21.1 Å². The van der Waals surface area contributed by atoms with Crippen molar-refractivity contribution in [1.82, 2.24) is 14.9 Å². The average molecular weight is 327 g/mol. The van der Waals surface area contributed by atoms with E-state index < -0.39 is 0 Å². The molecule has 1 aromatic heterocycles. The van der Waals surface area contributed by atoms with Gasteiger partial charge in [-0.05, 0) is 25.3 Å². The van der Waals surface area contributed by atoms with Crippen LogP contribution in [0.15, 0.2) is 36.5 Å². The molecule has 24 heavy (non-hydrogen) atoms. The second-order valence-corrected chi connectivity index (χ2v) is 6.40. The van der Waals surface area contributed by atoms with Crippen LogP contribution < -0.4 is 5.32 Å². The Morgan fingerprint density at radius 1 is 1.38 bits per heavy atom. The molecule has 0 unspecified atom stereocenters. The monoisotopic (exact) mass is 327 g/mol. The number of benzene rings is 1. The molecule has 2 aromatic rings. The van der Waals surface area contributed by atoms with E-state index in [1.165, 1.54) is 0 Å². The minimum absolute atomic E-state index is 0.114. The number of ether oxygens (including phenoxy) is 1. The zero-order valence-corrected chi connectivity index (χ0v) is 14.2. The van der Waals surface area contributed by atoms with Gasteiger partial charge in [0.05, 0.1) is 12.3 Å². The van der Waals surface area contributed by atoms with E-state index in [4.69, 9.17) is 4.74 Å². The van der Waals surface area contributed by atoms with Crippen LogP contribution in [0.1, 0.15) is 36.3 Å². The molecule has 0 aliphatic carbocycles. The quantitative estimate of drug-likeness (QED) is 0.795. The average Bonchev–Trinajstić information content (AvgIpc) is 2.95. The van der Waals surface area contributed by atoms with Gasteiger partial charge in [-0.25, -0.2) is 4.98 Å². The molecule has 1 aromatic carbocycles. The van der Waals surface area contributed by atoms with E-state index in [9.17, 15) is 4.79 Å². The van der Waals surface area contributed by atoms with Gasteiger partial charge in [-0.3, -0.25) is 4.79 Å². The maximum atomic E-state index is 12.1. The predicted molar refractivity (Wildman–Crippen MR) is 92.5 cm³/mol. The molecule has 0 spiro atoms. The van der Waals surface area contributed by atoms with Gasteiger partial charge in [0, 0.05) is 38.2 Å². The zero-order chi connectivity index (χ0) is 16.8. The van der Waals surface area contributed by atoms with Crippen LogP contribution in [0, 0.1) is 6.92 Å². The molecule has 5 heteroatoms.